The fourth-order valence-corrected chi connectivity index (χ4v) is 4.47. The maximum Gasteiger partial charge on any atom is 0.267 e. The summed E-state index contributed by atoms with van der Waals surface area (Å²) in [6, 6.07) is 11.3. The molecule has 1 aliphatic carbocycles. The van der Waals surface area contributed by atoms with Gasteiger partial charge in [0.15, 0.2) is 0 Å². The third-order valence-corrected chi connectivity index (χ3v) is 6.33. The molecule has 0 unspecified atom stereocenters. The topological polar surface area (TPSA) is 79.7 Å². The van der Waals surface area contributed by atoms with Crippen molar-refractivity contribution in [2.75, 3.05) is 49.6 Å². The van der Waals surface area contributed by atoms with Crippen LogP contribution in [0.1, 0.15) is 32.1 Å². The normalized spacial score (nSPS) is 16.3. The first-order valence-electron chi connectivity index (χ1n) is 11.8. The Morgan fingerprint density at radius 1 is 1.06 bits per heavy atom. The number of piperazine rings is 1. The van der Waals surface area contributed by atoms with Crippen molar-refractivity contribution < 1.29 is 9.53 Å². The minimum atomic E-state index is -0.267. The molecule has 176 valence electrons. The fraction of sp³-hybridized carbons (Fsp3) is 0.480. The summed E-state index contributed by atoms with van der Waals surface area (Å²) in [5.74, 6) is 1.40. The smallest absolute Gasteiger partial charge is 0.267 e. The number of methoxy groups -OCH3 is 1. The average Bonchev–Trinajstić information content (AvgIpc) is 2.86. The first kappa shape index (κ1) is 22.9. The predicted molar refractivity (Wildman–Crippen MR) is 130 cm³/mol. The summed E-state index contributed by atoms with van der Waals surface area (Å²) in [7, 11) is 1.69. The summed E-state index contributed by atoms with van der Waals surface area (Å²) >= 11 is 0. The predicted octanol–water partition coefficient (Wildman–Crippen LogP) is 2.59. The highest BCUT2D eigenvalue weighted by Gasteiger charge is 2.21. The Kier molecular flexibility index (Phi) is 7.65. The van der Waals surface area contributed by atoms with Crippen molar-refractivity contribution in [2.24, 2.45) is 0 Å². The number of nitrogens with zero attached hydrogens (tertiary/aromatic N) is 4. The van der Waals surface area contributed by atoms with Crippen LogP contribution < -0.4 is 25.4 Å². The number of carbonyl (C=O) groups is 1. The molecule has 1 saturated heterocycles. The average molecular weight is 452 g/mol. The van der Waals surface area contributed by atoms with E-state index >= 15 is 0 Å². The Labute approximate surface area is 194 Å². The van der Waals surface area contributed by atoms with Crippen molar-refractivity contribution in [3.63, 3.8) is 0 Å². The van der Waals surface area contributed by atoms with E-state index in [0.717, 1.165) is 62.7 Å². The Morgan fingerprint density at radius 2 is 1.85 bits per heavy atom. The minimum absolute atomic E-state index is 0.0626. The van der Waals surface area contributed by atoms with E-state index in [4.69, 9.17) is 4.74 Å². The number of rotatable bonds is 8. The molecule has 1 amide bonds. The number of hydrogen-bond donors (Lipinski definition) is 1. The monoisotopic (exact) mass is 451 g/mol. The molecule has 0 radical (unpaired) electrons. The van der Waals surface area contributed by atoms with Crippen molar-refractivity contribution >= 4 is 17.4 Å². The van der Waals surface area contributed by atoms with Crippen LogP contribution in [-0.2, 0) is 11.3 Å². The highest BCUT2D eigenvalue weighted by atomic mass is 16.5. The number of allylic oxidation sites excluding steroid dienone is 1. The van der Waals surface area contributed by atoms with Crippen LogP contribution in [0.15, 0.2) is 52.8 Å². The van der Waals surface area contributed by atoms with Gasteiger partial charge in [-0.2, -0.15) is 5.10 Å². The van der Waals surface area contributed by atoms with Crippen molar-refractivity contribution in [3.8, 4) is 5.75 Å². The Bertz CT molecular complexity index is 1040. The minimum Gasteiger partial charge on any atom is -0.495 e. The molecule has 8 heteroatoms. The molecule has 0 bridgehead atoms. The first-order valence-corrected chi connectivity index (χ1v) is 11.8. The summed E-state index contributed by atoms with van der Waals surface area (Å²) in [6.45, 7) is 3.71. The molecule has 2 heterocycles. The molecule has 33 heavy (non-hydrogen) atoms. The summed E-state index contributed by atoms with van der Waals surface area (Å²) in [6.07, 6.45) is 7.94. The molecule has 1 N–H and O–H groups in total. The second-order valence-corrected chi connectivity index (χ2v) is 8.54. The quantitative estimate of drug-likeness (QED) is 0.622. The van der Waals surface area contributed by atoms with Crippen molar-refractivity contribution in [2.45, 2.75) is 38.6 Å². The van der Waals surface area contributed by atoms with Crippen LogP contribution in [-0.4, -0.2) is 55.5 Å². The van der Waals surface area contributed by atoms with Gasteiger partial charge in [0.2, 0.25) is 5.91 Å². The van der Waals surface area contributed by atoms with Gasteiger partial charge in [0, 0.05) is 38.8 Å². The van der Waals surface area contributed by atoms with Gasteiger partial charge in [-0.25, -0.2) is 4.68 Å². The van der Waals surface area contributed by atoms with Gasteiger partial charge in [-0.1, -0.05) is 23.8 Å². The molecule has 0 saturated carbocycles. The Balaban J connectivity index is 1.32. The maximum absolute atomic E-state index is 12.4. The van der Waals surface area contributed by atoms with E-state index in [0.29, 0.717) is 6.54 Å². The fourth-order valence-electron chi connectivity index (χ4n) is 4.47. The summed E-state index contributed by atoms with van der Waals surface area (Å²) in [5.41, 5.74) is 2.24. The molecule has 1 aromatic carbocycles. The number of amides is 1. The number of anilines is 2. The zero-order chi connectivity index (χ0) is 23.0. The molecule has 1 aromatic heterocycles. The number of aromatic nitrogens is 2. The standard InChI is InChI=1S/C25H33N5O3/c1-33-22-10-6-5-9-21(22)28-15-17-29(18-16-28)23-11-12-25(32)30(27-23)19-24(31)26-14-13-20-7-3-2-4-8-20/h5-7,9-12H,2-4,8,13-19H2,1H3,(H,26,31). The largest absolute Gasteiger partial charge is 0.495 e. The molecule has 8 nitrogen and oxygen atoms in total. The first-order chi connectivity index (χ1) is 16.1. The van der Waals surface area contributed by atoms with E-state index in [1.807, 2.05) is 18.2 Å². The van der Waals surface area contributed by atoms with Gasteiger partial charge < -0.3 is 19.9 Å². The van der Waals surface area contributed by atoms with E-state index in [-0.39, 0.29) is 18.0 Å². The number of benzene rings is 1. The number of ether oxygens (including phenoxy) is 1. The third kappa shape index (κ3) is 5.94. The summed E-state index contributed by atoms with van der Waals surface area (Å²) in [5, 5.41) is 7.41. The van der Waals surface area contributed by atoms with Crippen molar-refractivity contribution in [3.05, 3.63) is 58.4 Å². The van der Waals surface area contributed by atoms with Crippen molar-refractivity contribution in [1.82, 2.24) is 15.1 Å². The molecule has 1 aliphatic heterocycles. The van der Waals surface area contributed by atoms with Gasteiger partial charge in [-0.3, -0.25) is 9.59 Å². The highest BCUT2D eigenvalue weighted by molar-refractivity contribution is 5.75. The second kappa shape index (κ2) is 11.0. The number of hydrogen-bond acceptors (Lipinski definition) is 6. The van der Waals surface area contributed by atoms with Crippen LogP contribution >= 0.6 is 0 Å². The molecule has 0 spiro atoms. The van der Waals surface area contributed by atoms with E-state index in [1.165, 1.54) is 29.2 Å². The lowest BCUT2D eigenvalue weighted by atomic mass is 9.97. The molecule has 2 aromatic rings. The van der Waals surface area contributed by atoms with Crippen LogP contribution in [0, 0.1) is 0 Å². The van der Waals surface area contributed by atoms with Gasteiger partial charge in [0.25, 0.3) is 5.56 Å². The summed E-state index contributed by atoms with van der Waals surface area (Å²) < 4.78 is 6.75. The molecular formula is C25H33N5O3. The van der Waals surface area contributed by atoms with Crippen LogP contribution in [0.4, 0.5) is 11.5 Å². The molecule has 0 atom stereocenters. The van der Waals surface area contributed by atoms with Crippen LogP contribution in [0.2, 0.25) is 0 Å². The molecule has 1 fully saturated rings. The van der Waals surface area contributed by atoms with Gasteiger partial charge in [-0.15, -0.1) is 0 Å². The lowest BCUT2D eigenvalue weighted by Crippen LogP contribution is -2.47. The van der Waals surface area contributed by atoms with E-state index in [2.05, 4.69) is 32.4 Å². The molecule has 4 rings (SSSR count). The van der Waals surface area contributed by atoms with Gasteiger partial charge >= 0.3 is 0 Å². The Hall–Kier alpha value is -3.29. The SMILES string of the molecule is COc1ccccc1N1CCN(c2ccc(=O)n(CC(=O)NCCC3=CCCCC3)n2)CC1. The van der Waals surface area contributed by atoms with Gasteiger partial charge in [-0.05, 0) is 50.3 Å². The molecular weight excluding hydrogens is 418 g/mol. The van der Waals surface area contributed by atoms with E-state index < -0.39 is 0 Å². The van der Waals surface area contributed by atoms with E-state index in [1.54, 1.807) is 13.2 Å². The Morgan fingerprint density at radius 3 is 2.61 bits per heavy atom. The van der Waals surface area contributed by atoms with Crippen molar-refractivity contribution in [1.29, 1.82) is 0 Å². The third-order valence-electron chi connectivity index (χ3n) is 6.33. The number of carbonyl (C=O) groups excluding carboxylic acids is 1. The zero-order valence-electron chi connectivity index (χ0n) is 19.3. The molecule has 2 aliphatic rings. The van der Waals surface area contributed by atoms with Gasteiger partial charge in [0.05, 0.1) is 12.8 Å². The van der Waals surface area contributed by atoms with E-state index in [9.17, 15) is 9.59 Å². The number of para-hydroxylation sites is 2. The van der Waals surface area contributed by atoms with Gasteiger partial charge in [0.1, 0.15) is 18.1 Å². The van der Waals surface area contributed by atoms with Crippen LogP contribution in [0.5, 0.6) is 5.75 Å². The second-order valence-electron chi connectivity index (χ2n) is 8.54. The maximum atomic E-state index is 12.4. The highest BCUT2D eigenvalue weighted by Crippen LogP contribution is 2.28. The lowest BCUT2D eigenvalue weighted by Gasteiger charge is -2.37. The van der Waals surface area contributed by atoms with Crippen LogP contribution in [0.25, 0.3) is 0 Å². The van der Waals surface area contributed by atoms with Crippen LogP contribution in [0.3, 0.4) is 0 Å². The lowest BCUT2D eigenvalue weighted by molar-refractivity contribution is -0.121. The zero-order valence-corrected chi connectivity index (χ0v) is 19.3. The number of nitrogens with one attached hydrogen (secondary N) is 1. The summed E-state index contributed by atoms with van der Waals surface area (Å²) in [4.78, 5) is 29.1.